The van der Waals surface area contributed by atoms with Crippen molar-refractivity contribution in [2.24, 2.45) is 5.41 Å². The second-order valence-corrected chi connectivity index (χ2v) is 12.3. The molecule has 4 aromatic heterocycles. The van der Waals surface area contributed by atoms with E-state index in [1.165, 1.54) is 53.2 Å². The quantitative estimate of drug-likeness (QED) is 0.152. The Hall–Kier alpha value is -3.54. The summed E-state index contributed by atoms with van der Waals surface area (Å²) in [6, 6.07) is 13.1. The molecule has 4 aromatic rings. The van der Waals surface area contributed by atoms with Crippen molar-refractivity contribution in [2.75, 3.05) is 7.11 Å². The van der Waals surface area contributed by atoms with Crippen molar-refractivity contribution in [2.45, 2.75) is 38.1 Å². The number of Topliss-reactive ketones (excluding diaryl/α,β-unsaturated/α-hetero) is 1. The van der Waals surface area contributed by atoms with E-state index in [2.05, 4.69) is 10.1 Å². The fraction of sp³-hybridized carbons (Fsp3) is 0.259. The van der Waals surface area contributed by atoms with Crippen molar-refractivity contribution >= 4 is 52.4 Å². The first-order valence-electron chi connectivity index (χ1n) is 11.8. The van der Waals surface area contributed by atoms with Gasteiger partial charge in [-0.3, -0.25) is 23.9 Å². The van der Waals surface area contributed by atoms with E-state index in [0.717, 1.165) is 9.44 Å². The van der Waals surface area contributed by atoms with Crippen LogP contribution < -0.4 is 5.56 Å². The summed E-state index contributed by atoms with van der Waals surface area (Å²) < 4.78 is 7.89. The van der Waals surface area contributed by atoms with Crippen molar-refractivity contribution < 1.29 is 19.1 Å². The second kappa shape index (κ2) is 11.7. The number of halogens is 1. The van der Waals surface area contributed by atoms with Gasteiger partial charge in [0.2, 0.25) is 5.78 Å². The molecule has 9 nitrogen and oxygen atoms in total. The van der Waals surface area contributed by atoms with Gasteiger partial charge in [-0.05, 0) is 36.4 Å². The Labute approximate surface area is 237 Å². The number of hydrogen-bond donors (Lipinski definition) is 0. The number of hydrogen-bond acceptors (Lipinski definition) is 9. The first-order valence-corrected chi connectivity index (χ1v) is 14.0. The fourth-order valence-electron chi connectivity index (χ4n) is 3.61. The third-order valence-corrected chi connectivity index (χ3v) is 8.05. The predicted octanol–water partition coefficient (Wildman–Crippen LogP) is 5.47. The highest BCUT2D eigenvalue weighted by atomic mass is 35.5. The molecule has 0 atom stereocenters. The highest BCUT2D eigenvalue weighted by molar-refractivity contribution is 7.98. The Kier molecular flexibility index (Phi) is 8.53. The van der Waals surface area contributed by atoms with Crippen LogP contribution in [0.15, 0.2) is 64.5 Å². The molecule has 0 spiro atoms. The number of pyridine rings is 2. The number of carbonyl (C=O) groups excluding carboxylic acids is 3. The van der Waals surface area contributed by atoms with Gasteiger partial charge in [-0.25, -0.2) is 4.79 Å². The van der Waals surface area contributed by atoms with Crippen LogP contribution in [0.2, 0.25) is 4.34 Å². The smallest absolute Gasteiger partial charge is 0.343 e. The number of ketones is 1. The Balaban J connectivity index is 1.82. The van der Waals surface area contributed by atoms with Crippen LogP contribution in [0.5, 0.6) is 0 Å². The minimum absolute atomic E-state index is 0.165. The van der Waals surface area contributed by atoms with Gasteiger partial charge in [-0.15, -0.1) is 23.1 Å². The molecule has 0 unspecified atom stereocenters. The molecule has 0 aliphatic heterocycles. The average molecular weight is 585 g/mol. The Morgan fingerprint density at radius 1 is 1.10 bits per heavy atom. The molecule has 0 aliphatic rings. The van der Waals surface area contributed by atoms with E-state index in [1.54, 1.807) is 45.0 Å². The number of thiophene rings is 1. The summed E-state index contributed by atoms with van der Waals surface area (Å²) in [7, 11) is 1.17. The molecule has 4 rings (SSSR count). The van der Waals surface area contributed by atoms with Gasteiger partial charge in [0.05, 0.1) is 23.7 Å². The second-order valence-electron chi connectivity index (χ2n) is 9.48. The molecule has 202 valence electrons. The molecule has 0 aromatic carbocycles. The topological polar surface area (TPSA) is 113 Å². The van der Waals surface area contributed by atoms with E-state index in [9.17, 15) is 19.2 Å². The Morgan fingerprint density at radius 3 is 2.49 bits per heavy atom. The number of rotatable bonds is 8. The zero-order chi connectivity index (χ0) is 28.3. The summed E-state index contributed by atoms with van der Waals surface area (Å²) in [5, 5.41) is 5.12. The number of nitrogens with zero attached hydrogens (tertiary/aromatic N) is 4. The highest BCUT2D eigenvalue weighted by Gasteiger charge is 2.28. The molecule has 0 bridgehead atoms. The minimum atomic E-state index is -0.829. The standard InChI is InChI=1S/C27H25ClN4O5S2/c1-27(2,3)26(36)32-23(38-15-16-8-11-22(28)39-16)13-19(30-32)20-10-9-17(25(35)37-4)24(34)31(20)14-21(33)18-7-5-6-12-29-18/h5-13H,14-15H2,1-4H3. The van der Waals surface area contributed by atoms with Crippen molar-refractivity contribution in [3.8, 4) is 11.4 Å². The van der Waals surface area contributed by atoms with E-state index in [0.29, 0.717) is 20.8 Å². The Bertz CT molecular complexity index is 1600. The number of thioether (sulfide) groups is 1. The highest BCUT2D eigenvalue weighted by Crippen LogP contribution is 2.33. The zero-order valence-corrected chi connectivity index (χ0v) is 24.0. The number of ether oxygens (including phenoxy) is 1. The van der Waals surface area contributed by atoms with Crippen LogP contribution in [-0.4, -0.2) is 44.1 Å². The van der Waals surface area contributed by atoms with Crippen LogP contribution in [0.1, 0.15) is 51.3 Å². The average Bonchev–Trinajstić information content (AvgIpc) is 3.53. The van der Waals surface area contributed by atoms with Crippen LogP contribution in [0.25, 0.3) is 11.4 Å². The maximum atomic E-state index is 13.4. The molecule has 0 N–H and O–H groups in total. The molecular formula is C27H25ClN4O5S2. The molecule has 0 fully saturated rings. The lowest BCUT2D eigenvalue weighted by atomic mass is 9.96. The lowest BCUT2D eigenvalue weighted by Crippen LogP contribution is -2.31. The van der Waals surface area contributed by atoms with Crippen molar-refractivity contribution in [3.63, 3.8) is 0 Å². The van der Waals surface area contributed by atoms with E-state index in [1.807, 2.05) is 12.1 Å². The number of methoxy groups -OCH3 is 1. The normalized spacial score (nSPS) is 11.4. The first kappa shape index (κ1) is 28.5. The van der Waals surface area contributed by atoms with Gasteiger partial charge < -0.3 is 4.74 Å². The summed E-state index contributed by atoms with van der Waals surface area (Å²) in [4.78, 5) is 57.1. The molecule has 0 saturated carbocycles. The lowest BCUT2D eigenvalue weighted by Gasteiger charge is -2.17. The molecule has 39 heavy (non-hydrogen) atoms. The van der Waals surface area contributed by atoms with Crippen molar-refractivity contribution in [1.29, 1.82) is 0 Å². The van der Waals surface area contributed by atoms with Crippen molar-refractivity contribution in [3.05, 3.63) is 85.6 Å². The molecular weight excluding hydrogens is 560 g/mol. The molecule has 0 saturated heterocycles. The van der Waals surface area contributed by atoms with Gasteiger partial charge >= 0.3 is 5.97 Å². The first-order chi connectivity index (χ1) is 18.5. The third kappa shape index (κ3) is 6.38. The predicted molar refractivity (Wildman–Crippen MR) is 151 cm³/mol. The van der Waals surface area contributed by atoms with E-state index in [4.69, 9.17) is 16.3 Å². The van der Waals surface area contributed by atoms with Gasteiger partial charge in [-0.2, -0.15) is 9.78 Å². The fourth-order valence-corrected chi connectivity index (χ4v) is 5.73. The van der Waals surface area contributed by atoms with Gasteiger partial charge in [0, 0.05) is 28.3 Å². The number of carbonyl (C=O) groups is 3. The molecule has 12 heteroatoms. The number of aromatic nitrogens is 4. The van der Waals surface area contributed by atoms with E-state index < -0.39 is 29.3 Å². The van der Waals surface area contributed by atoms with Crippen LogP contribution in [0, 0.1) is 5.41 Å². The van der Waals surface area contributed by atoms with Crippen LogP contribution in [-0.2, 0) is 17.0 Å². The maximum Gasteiger partial charge on any atom is 0.343 e. The largest absolute Gasteiger partial charge is 0.465 e. The number of esters is 1. The monoisotopic (exact) mass is 584 g/mol. The summed E-state index contributed by atoms with van der Waals surface area (Å²) in [5.74, 6) is -0.961. The van der Waals surface area contributed by atoms with Crippen LogP contribution >= 0.6 is 34.7 Å². The molecule has 0 radical (unpaired) electrons. The van der Waals surface area contributed by atoms with Crippen LogP contribution in [0.4, 0.5) is 0 Å². The van der Waals surface area contributed by atoms with Crippen molar-refractivity contribution in [1.82, 2.24) is 19.3 Å². The zero-order valence-electron chi connectivity index (χ0n) is 21.6. The molecule has 0 aliphatic carbocycles. The minimum Gasteiger partial charge on any atom is -0.465 e. The molecule has 0 amide bonds. The SMILES string of the molecule is COC(=O)c1ccc(-c2cc(SCc3ccc(Cl)s3)n(C(=O)C(C)(C)C)n2)n(CC(=O)c2ccccn2)c1=O. The maximum absolute atomic E-state index is 13.4. The van der Waals surface area contributed by atoms with Crippen LogP contribution in [0.3, 0.4) is 0 Å². The Morgan fingerprint density at radius 2 is 1.87 bits per heavy atom. The molecule has 4 heterocycles. The summed E-state index contributed by atoms with van der Waals surface area (Å²) in [6.45, 7) is 4.97. The van der Waals surface area contributed by atoms with Gasteiger partial charge in [0.1, 0.15) is 22.0 Å². The van der Waals surface area contributed by atoms with E-state index in [-0.39, 0.29) is 22.9 Å². The van der Waals surface area contributed by atoms with Gasteiger partial charge in [0.25, 0.3) is 11.5 Å². The summed E-state index contributed by atoms with van der Waals surface area (Å²) in [6.07, 6.45) is 1.48. The van der Waals surface area contributed by atoms with Gasteiger partial charge in [-0.1, -0.05) is 38.4 Å². The third-order valence-electron chi connectivity index (χ3n) is 5.60. The van der Waals surface area contributed by atoms with E-state index >= 15 is 0 Å². The summed E-state index contributed by atoms with van der Waals surface area (Å²) in [5.41, 5.74) is -0.973. The lowest BCUT2D eigenvalue weighted by molar-refractivity contribution is 0.0597. The van der Waals surface area contributed by atoms with Gasteiger partial charge in [0.15, 0.2) is 0 Å². The summed E-state index contributed by atoms with van der Waals surface area (Å²) >= 11 is 8.91.